The van der Waals surface area contributed by atoms with Crippen molar-refractivity contribution in [2.24, 2.45) is 0 Å². The van der Waals surface area contributed by atoms with Crippen LogP contribution in [-0.2, 0) is 0 Å². The van der Waals surface area contributed by atoms with Gasteiger partial charge in [0.05, 0.1) is 12.1 Å². The Morgan fingerprint density at radius 1 is 1.30 bits per heavy atom. The van der Waals surface area contributed by atoms with Crippen molar-refractivity contribution in [3.05, 3.63) is 54.1 Å². The predicted octanol–water partition coefficient (Wildman–Crippen LogP) is 2.29. The monoisotopic (exact) mass is 277 g/mol. The number of nitrogens with zero attached hydrogens (tertiary/aromatic N) is 2. The lowest BCUT2D eigenvalue weighted by Crippen LogP contribution is -2.36. The third kappa shape index (κ3) is 3.43. The first kappa shape index (κ1) is 14.7. The maximum Gasteiger partial charge on any atom is 0.129 e. The molecular formula is C15H20FN3O. The summed E-state index contributed by atoms with van der Waals surface area (Å²) in [5.41, 5.74) is 0.318. The van der Waals surface area contributed by atoms with Crippen LogP contribution in [0.3, 0.4) is 0 Å². The average Bonchev–Trinajstić information content (AvgIpc) is 2.98. The molecule has 1 aromatic heterocycles. The molecule has 0 aliphatic carbocycles. The van der Waals surface area contributed by atoms with E-state index < -0.39 is 6.10 Å². The molecule has 5 heteroatoms. The second-order valence-corrected chi connectivity index (χ2v) is 4.96. The van der Waals surface area contributed by atoms with Crippen LogP contribution in [0.4, 0.5) is 4.39 Å². The summed E-state index contributed by atoms with van der Waals surface area (Å²) in [5, 5.41) is 17.4. The van der Waals surface area contributed by atoms with E-state index in [0.29, 0.717) is 12.1 Å². The van der Waals surface area contributed by atoms with Gasteiger partial charge in [0, 0.05) is 30.5 Å². The Labute approximate surface area is 118 Å². The summed E-state index contributed by atoms with van der Waals surface area (Å²) in [6, 6.07) is 8.42. The molecule has 0 aliphatic rings. The SMILES string of the molecule is C[C@H](NC[C@@H](O)c1ccccc1F)[C@H](C)n1cccn1. The molecule has 0 saturated carbocycles. The minimum atomic E-state index is -0.858. The van der Waals surface area contributed by atoms with Gasteiger partial charge in [0.1, 0.15) is 5.82 Å². The molecule has 0 bridgehead atoms. The van der Waals surface area contributed by atoms with E-state index in [1.54, 1.807) is 24.4 Å². The minimum Gasteiger partial charge on any atom is -0.387 e. The van der Waals surface area contributed by atoms with E-state index in [0.717, 1.165) is 0 Å². The minimum absolute atomic E-state index is 0.108. The van der Waals surface area contributed by atoms with Gasteiger partial charge in [-0.05, 0) is 26.0 Å². The van der Waals surface area contributed by atoms with Gasteiger partial charge in [-0.1, -0.05) is 18.2 Å². The Morgan fingerprint density at radius 3 is 2.70 bits per heavy atom. The number of aromatic nitrogens is 2. The lowest BCUT2D eigenvalue weighted by molar-refractivity contribution is 0.161. The van der Waals surface area contributed by atoms with Crippen LogP contribution in [0.25, 0.3) is 0 Å². The summed E-state index contributed by atoms with van der Waals surface area (Å²) in [6.07, 6.45) is 2.77. The van der Waals surface area contributed by atoms with Crippen LogP contribution in [0, 0.1) is 5.82 Å². The van der Waals surface area contributed by atoms with Crippen molar-refractivity contribution in [3.63, 3.8) is 0 Å². The quantitative estimate of drug-likeness (QED) is 0.852. The fourth-order valence-electron chi connectivity index (χ4n) is 2.07. The topological polar surface area (TPSA) is 50.1 Å². The van der Waals surface area contributed by atoms with Crippen LogP contribution >= 0.6 is 0 Å². The van der Waals surface area contributed by atoms with E-state index >= 15 is 0 Å². The van der Waals surface area contributed by atoms with Crippen molar-refractivity contribution in [3.8, 4) is 0 Å². The molecule has 2 rings (SSSR count). The van der Waals surface area contributed by atoms with E-state index in [4.69, 9.17) is 0 Å². The maximum atomic E-state index is 13.5. The Morgan fingerprint density at radius 2 is 2.05 bits per heavy atom. The van der Waals surface area contributed by atoms with Crippen LogP contribution in [-0.4, -0.2) is 27.5 Å². The Balaban J connectivity index is 1.90. The number of nitrogens with one attached hydrogen (secondary N) is 1. The number of halogens is 1. The van der Waals surface area contributed by atoms with Crippen LogP contribution in [0.5, 0.6) is 0 Å². The van der Waals surface area contributed by atoms with Crippen molar-refractivity contribution in [1.29, 1.82) is 0 Å². The Bertz CT molecular complexity index is 530. The number of benzene rings is 1. The molecule has 2 N–H and O–H groups in total. The number of aliphatic hydroxyl groups is 1. The van der Waals surface area contributed by atoms with Crippen molar-refractivity contribution in [1.82, 2.24) is 15.1 Å². The summed E-state index contributed by atoms with van der Waals surface area (Å²) >= 11 is 0. The lowest BCUT2D eigenvalue weighted by atomic mass is 10.1. The first-order chi connectivity index (χ1) is 9.59. The smallest absolute Gasteiger partial charge is 0.129 e. The zero-order valence-electron chi connectivity index (χ0n) is 11.7. The highest BCUT2D eigenvalue weighted by Crippen LogP contribution is 2.17. The fraction of sp³-hybridized carbons (Fsp3) is 0.400. The number of aliphatic hydroxyl groups excluding tert-OH is 1. The van der Waals surface area contributed by atoms with Gasteiger partial charge in [0.2, 0.25) is 0 Å². The molecule has 2 aromatic rings. The highest BCUT2D eigenvalue weighted by molar-refractivity contribution is 5.20. The first-order valence-electron chi connectivity index (χ1n) is 6.74. The van der Waals surface area contributed by atoms with Crippen molar-refractivity contribution >= 4 is 0 Å². The maximum absolute atomic E-state index is 13.5. The van der Waals surface area contributed by atoms with Crippen molar-refractivity contribution in [2.75, 3.05) is 6.54 Å². The molecular weight excluding hydrogens is 257 g/mol. The Kier molecular flexibility index (Phi) is 4.87. The van der Waals surface area contributed by atoms with Gasteiger partial charge in [-0.15, -0.1) is 0 Å². The first-order valence-corrected chi connectivity index (χ1v) is 6.74. The molecule has 1 heterocycles. The Hall–Kier alpha value is -1.72. The standard InChI is InChI=1S/C15H20FN3O/c1-11(12(2)19-9-5-8-18-19)17-10-15(20)13-6-3-4-7-14(13)16/h3-9,11-12,15,17,20H,10H2,1-2H3/t11-,12-,15+/m0/s1. The largest absolute Gasteiger partial charge is 0.387 e. The predicted molar refractivity (Wildman–Crippen MR) is 75.8 cm³/mol. The molecule has 0 saturated heterocycles. The van der Waals surface area contributed by atoms with Crippen molar-refractivity contribution < 1.29 is 9.50 Å². The molecule has 4 nitrogen and oxygen atoms in total. The molecule has 0 unspecified atom stereocenters. The van der Waals surface area contributed by atoms with Gasteiger partial charge in [-0.2, -0.15) is 5.10 Å². The zero-order valence-corrected chi connectivity index (χ0v) is 11.7. The van der Waals surface area contributed by atoms with E-state index in [2.05, 4.69) is 10.4 Å². The summed E-state index contributed by atoms with van der Waals surface area (Å²) in [7, 11) is 0. The van der Waals surface area contributed by atoms with Crippen LogP contribution in [0.2, 0.25) is 0 Å². The third-order valence-electron chi connectivity index (χ3n) is 3.56. The molecule has 0 fully saturated rings. The van der Waals surface area contributed by atoms with Gasteiger partial charge in [0.15, 0.2) is 0 Å². The molecule has 3 atom stereocenters. The van der Waals surface area contributed by atoms with Gasteiger partial charge >= 0.3 is 0 Å². The summed E-state index contributed by atoms with van der Waals surface area (Å²) < 4.78 is 15.4. The van der Waals surface area contributed by atoms with Crippen LogP contribution in [0.1, 0.15) is 31.6 Å². The third-order valence-corrected chi connectivity index (χ3v) is 3.56. The number of rotatable bonds is 6. The molecule has 0 spiro atoms. The molecule has 1 aromatic carbocycles. The lowest BCUT2D eigenvalue weighted by Gasteiger charge is -2.23. The van der Waals surface area contributed by atoms with E-state index in [1.165, 1.54) is 6.07 Å². The van der Waals surface area contributed by atoms with Gasteiger partial charge in [-0.3, -0.25) is 4.68 Å². The van der Waals surface area contributed by atoms with Crippen LogP contribution < -0.4 is 5.32 Å². The number of hydrogen-bond acceptors (Lipinski definition) is 3. The number of hydrogen-bond donors (Lipinski definition) is 2. The highest BCUT2D eigenvalue weighted by Gasteiger charge is 2.17. The molecule has 108 valence electrons. The summed E-state index contributed by atoms with van der Waals surface area (Å²) in [4.78, 5) is 0. The fourth-order valence-corrected chi connectivity index (χ4v) is 2.07. The molecule has 0 radical (unpaired) electrons. The van der Waals surface area contributed by atoms with Gasteiger partial charge in [0.25, 0.3) is 0 Å². The molecule has 0 aliphatic heterocycles. The van der Waals surface area contributed by atoms with E-state index in [-0.39, 0.29) is 17.9 Å². The highest BCUT2D eigenvalue weighted by atomic mass is 19.1. The van der Waals surface area contributed by atoms with E-state index in [1.807, 2.05) is 30.8 Å². The second kappa shape index (κ2) is 6.63. The average molecular weight is 277 g/mol. The molecule has 20 heavy (non-hydrogen) atoms. The van der Waals surface area contributed by atoms with E-state index in [9.17, 15) is 9.50 Å². The second-order valence-electron chi connectivity index (χ2n) is 4.96. The normalized spacial score (nSPS) is 15.8. The van der Waals surface area contributed by atoms with Crippen LogP contribution in [0.15, 0.2) is 42.7 Å². The van der Waals surface area contributed by atoms with Gasteiger partial charge < -0.3 is 10.4 Å². The van der Waals surface area contributed by atoms with Crippen molar-refractivity contribution in [2.45, 2.75) is 32.0 Å². The molecule has 0 amide bonds. The summed E-state index contributed by atoms with van der Waals surface area (Å²) in [5.74, 6) is -0.380. The zero-order chi connectivity index (χ0) is 14.5. The van der Waals surface area contributed by atoms with Gasteiger partial charge in [-0.25, -0.2) is 4.39 Å². The summed E-state index contributed by atoms with van der Waals surface area (Å²) in [6.45, 7) is 4.36.